The molecule has 0 saturated carbocycles. The molecule has 0 fully saturated rings. The molecule has 8 nitrogen and oxygen atoms in total. The molecule has 0 aliphatic carbocycles. The number of anilines is 1. The molecule has 32 heavy (non-hydrogen) atoms. The van der Waals surface area contributed by atoms with Gasteiger partial charge in [0.05, 0.1) is 17.9 Å². The summed E-state index contributed by atoms with van der Waals surface area (Å²) < 4.78 is 16.9. The summed E-state index contributed by atoms with van der Waals surface area (Å²) in [6, 6.07) is 17.9. The lowest BCUT2D eigenvalue weighted by Crippen LogP contribution is -2.42. The average Bonchev–Trinajstić information content (AvgIpc) is 3.14. The van der Waals surface area contributed by atoms with Crippen molar-refractivity contribution >= 4 is 11.7 Å². The zero-order valence-electron chi connectivity index (χ0n) is 17.2. The van der Waals surface area contributed by atoms with E-state index < -0.39 is 29.5 Å². The van der Waals surface area contributed by atoms with E-state index in [2.05, 4.69) is 10.4 Å². The van der Waals surface area contributed by atoms with Crippen LogP contribution in [0.25, 0.3) is 5.69 Å². The molecular weight excluding hydrogens is 413 g/mol. The van der Waals surface area contributed by atoms with Gasteiger partial charge in [-0.25, -0.2) is 13.9 Å². The van der Waals surface area contributed by atoms with Crippen LogP contribution in [0.4, 0.5) is 10.2 Å². The van der Waals surface area contributed by atoms with E-state index in [1.165, 1.54) is 45.8 Å². The fourth-order valence-corrected chi connectivity index (χ4v) is 3.30. The number of hydrogen-bond donors (Lipinski definition) is 1. The van der Waals surface area contributed by atoms with Crippen molar-refractivity contribution in [1.82, 2.24) is 18.9 Å². The molecule has 0 unspecified atom stereocenters. The highest BCUT2D eigenvalue weighted by molar-refractivity contribution is 5.90. The number of carbonyl (C=O) groups is 1. The molecule has 2 aromatic carbocycles. The standard InChI is InChI=1S/C23H20FN5O3/c1-16-13-20(29(26-16)19-9-7-18(24)8-10-19)25-21(30)15-28-22(31)11-12-27(23(28)32)14-17-5-3-2-4-6-17/h2-13H,14-15H2,1H3,(H,25,30). The van der Waals surface area contributed by atoms with Gasteiger partial charge >= 0.3 is 5.69 Å². The number of amides is 1. The highest BCUT2D eigenvalue weighted by Gasteiger charge is 2.14. The normalized spacial score (nSPS) is 10.8. The average molecular weight is 433 g/mol. The second-order valence-corrected chi connectivity index (χ2v) is 7.24. The molecule has 0 spiro atoms. The fraction of sp³-hybridized carbons (Fsp3) is 0.130. The Kier molecular flexibility index (Phi) is 5.80. The number of nitrogens with zero attached hydrogens (tertiary/aromatic N) is 4. The third kappa shape index (κ3) is 4.56. The van der Waals surface area contributed by atoms with Gasteiger partial charge in [-0.3, -0.25) is 18.7 Å². The van der Waals surface area contributed by atoms with Crippen LogP contribution in [0, 0.1) is 12.7 Å². The topological polar surface area (TPSA) is 90.9 Å². The Hall–Kier alpha value is -4.27. The Morgan fingerprint density at radius 2 is 1.75 bits per heavy atom. The number of nitrogens with one attached hydrogen (secondary N) is 1. The van der Waals surface area contributed by atoms with Gasteiger partial charge in [-0.05, 0) is 36.8 Å². The van der Waals surface area contributed by atoms with Gasteiger partial charge in [-0.1, -0.05) is 30.3 Å². The Labute approximate surface area is 182 Å². The Balaban J connectivity index is 1.57. The molecule has 0 saturated heterocycles. The number of aryl methyl sites for hydroxylation is 1. The largest absolute Gasteiger partial charge is 0.331 e. The number of hydrogen-bond acceptors (Lipinski definition) is 4. The van der Waals surface area contributed by atoms with Gasteiger partial charge in [-0.2, -0.15) is 5.10 Å². The van der Waals surface area contributed by atoms with Gasteiger partial charge in [0, 0.05) is 18.3 Å². The first kappa shape index (κ1) is 21.0. The van der Waals surface area contributed by atoms with Crippen LogP contribution in [0.2, 0.25) is 0 Å². The van der Waals surface area contributed by atoms with Gasteiger partial charge < -0.3 is 5.32 Å². The van der Waals surface area contributed by atoms with Crippen LogP contribution in [0.5, 0.6) is 0 Å². The first-order valence-corrected chi connectivity index (χ1v) is 9.87. The molecule has 162 valence electrons. The number of halogens is 1. The molecule has 2 heterocycles. The Bertz CT molecular complexity index is 1370. The van der Waals surface area contributed by atoms with Crippen molar-refractivity contribution in [3.8, 4) is 5.69 Å². The summed E-state index contributed by atoms with van der Waals surface area (Å²) in [5.41, 5.74) is 0.920. The van der Waals surface area contributed by atoms with Gasteiger partial charge in [0.15, 0.2) is 0 Å². The van der Waals surface area contributed by atoms with Crippen LogP contribution in [0.1, 0.15) is 11.3 Å². The van der Waals surface area contributed by atoms with E-state index in [-0.39, 0.29) is 6.54 Å². The molecule has 0 aliphatic heterocycles. The Morgan fingerprint density at radius 3 is 2.47 bits per heavy atom. The minimum Gasteiger partial charge on any atom is -0.309 e. The van der Waals surface area contributed by atoms with E-state index in [1.54, 1.807) is 13.0 Å². The van der Waals surface area contributed by atoms with Crippen LogP contribution in [-0.4, -0.2) is 24.8 Å². The highest BCUT2D eigenvalue weighted by Crippen LogP contribution is 2.17. The van der Waals surface area contributed by atoms with Gasteiger partial charge in [0.25, 0.3) is 5.56 Å². The second-order valence-electron chi connectivity index (χ2n) is 7.24. The van der Waals surface area contributed by atoms with E-state index in [9.17, 15) is 18.8 Å². The molecule has 0 bridgehead atoms. The number of benzene rings is 2. The van der Waals surface area contributed by atoms with Crippen molar-refractivity contribution in [1.29, 1.82) is 0 Å². The summed E-state index contributed by atoms with van der Waals surface area (Å²) in [5, 5.41) is 6.99. The van der Waals surface area contributed by atoms with Crippen LogP contribution >= 0.6 is 0 Å². The summed E-state index contributed by atoms with van der Waals surface area (Å²) in [4.78, 5) is 37.8. The van der Waals surface area contributed by atoms with Crippen LogP contribution in [0.3, 0.4) is 0 Å². The molecule has 4 aromatic rings. The molecule has 4 rings (SSSR count). The maximum atomic E-state index is 13.2. The van der Waals surface area contributed by atoms with E-state index in [1.807, 2.05) is 30.3 Å². The third-order valence-corrected chi connectivity index (χ3v) is 4.81. The van der Waals surface area contributed by atoms with Crippen LogP contribution < -0.4 is 16.6 Å². The highest BCUT2D eigenvalue weighted by atomic mass is 19.1. The maximum Gasteiger partial charge on any atom is 0.331 e. The van der Waals surface area contributed by atoms with Crippen molar-refractivity contribution in [2.24, 2.45) is 0 Å². The maximum absolute atomic E-state index is 13.2. The predicted octanol–water partition coefficient (Wildman–Crippen LogP) is 2.33. The first-order valence-electron chi connectivity index (χ1n) is 9.87. The molecule has 9 heteroatoms. The van der Waals surface area contributed by atoms with Crippen LogP contribution in [-0.2, 0) is 17.9 Å². The van der Waals surface area contributed by atoms with Gasteiger partial charge in [-0.15, -0.1) is 0 Å². The van der Waals surface area contributed by atoms with Gasteiger partial charge in [0.2, 0.25) is 5.91 Å². The zero-order valence-corrected chi connectivity index (χ0v) is 17.2. The molecule has 1 amide bonds. The predicted molar refractivity (Wildman–Crippen MR) is 117 cm³/mol. The van der Waals surface area contributed by atoms with E-state index in [4.69, 9.17) is 0 Å². The van der Waals surface area contributed by atoms with Crippen molar-refractivity contribution in [3.63, 3.8) is 0 Å². The first-order chi connectivity index (χ1) is 15.4. The van der Waals surface area contributed by atoms with E-state index in [0.29, 0.717) is 17.2 Å². The van der Waals surface area contributed by atoms with Crippen molar-refractivity contribution in [2.75, 3.05) is 5.32 Å². The number of aromatic nitrogens is 4. The van der Waals surface area contributed by atoms with Crippen LogP contribution in [0.15, 0.2) is 82.5 Å². The number of carbonyl (C=O) groups excluding carboxylic acids is 1. The van der Waals surface area contributed by atoms with Crippen molar-refractivity contribution < 1.29 is 9.18 Å². The summed E-state index contributed by atoms with van der Waals surface area (Å²) in [6.07, 6.45) is 1.42. The smallest absolute Gasteiger partial charge is 0.309 e. The van der Waals surface area contributed by atoms with Crippen molar-refractivity contribution in [3.05, 3.63) is 111 Å². The zero-order chi connectivity index (χ0) is 22.7. The SMILES string of the molecule is Cc1cc(NC(=O)Cn2c(=O)ccn(Cc3ccccc3)c2=O)n(-c2ccc(F)cc2)n1. The summed E-state index contributed by atoms with van der Waals surface area (Å²) in [5.74, 6) is -0.615. The Morgan fingerprint density at radius 1 is 1.03 bits per heavy atom. The molecule has 0 aliphatic rings. The van der Waals surface area contributed by atoms with Gasteiger partial charge in [0.1, 0.15) is 18.2 Å². The molecule has 0 radical (unpaired) electrons. The molecule has 1 N–H and O–H groups in total. The quantitative estimate of drug-likeness (QED) is 0.505. The third-order valence-electron chi connectivity index (χ3n) is 4.81. The molecule has 0 atom stereocenters. The summed E-state index contributed by atoms with van der Waals surface area (Å²) in [7, 11) is 0. The van der Waals surface area contributed by atoms with E-state index >= 15 is 0 Å². The lowest BCUT2D eigenvalue weighted by molar-refractivity contribution is -0.116. The minimum absolute atomic E-state index is 0.276. The molecule has 2 aromatic heterocycles. The number of rotatable bonds is 6. The summed E-state index contributed by atoms with van der Waals surface area (Å²) >= 11 is 0. The fourth-order valence-electron chi connectivity index (χ4n) is 3.30. The molecular formula is C23H20FN5O3. The van der Waals surface area contributed by atoms with Crippen molar-refractivity contribution in [2.45, 2.75) is 20.0 Å². The monoisotopic (exact) mass is 433 g/mol. The lowest BCUT2D eigenvalue weighted by Gasteiger charge is -2.11. The summed E-state index contributed by atoms with van der Waals surface area (Å²) in [6.45, 7) is 1.57. The minimum atomic E-state index is -0.584. The van der Waals surface area contributed by atoms with E-state index in [0.717, 1.165) is 10.1 Å². The second kappa shape index (κ2) is 8.84. The lowest BCUT2D eigenvalue weighted by atomic mass is 10.2.